The minimum Gasteiger partial charge on any atom is -0.324 e. The quantitative estimate of drug-likeness (QED) is 0.0810. The molecule has 0 aliphatic carbocycles. The van der Waals surface area contributed by atoms with Crippen LogP contribution < -0.4 is 0 Å². The summed E-state index contributed by atoms with van der Waals surface area (Å²) >= 11 is 0. The van der Waals surface area contributed by atoms with Crippen LogP contribution in [0, 0.1) is 0 Å². The maximum absolute atomic E-state index is 12.0. The van der Waals surface area contributed by atoms with Crippen molar-refractivity contribution in [2.45, 2.75) is 142 Å². The number of rotatable bonds is 24. The van der Waals surface area contributed by atoms with E-state index in [0.29, 0.717) is 13.2 Å². The van der Waals surface area contributed by atoms with Crippen LogP contribution in [0.1, 0.15) is 142 Å². The van der Waals surface area contributed by atoms with Gasteiger partial charge in [-0.3, -0.25) is 9.05 Å². The molecule has 0 bridgehead atoms. The van der Waals surface area contributed by atoms with Gasteiger partial charge in [-0.25, -0.2) is 4.57 Å². The van der Waals surface area contributed by atoms with Gasteiger partial charge in [-0.05, 0) is 25.7 Å². The molecule has 5 nitrogen and oxygen atoms in total. The predicted molar refractivity (Wildman–Crippen MR) is 145 cm³/mol. The molecule has 34 heavy (non-hydrogen) atoms. The number of hydrogen-bond donors (Lipinski definition) is 1. The molecule has 0 spiro atoms. The van der Waals surface area contributed by atoms with E-state index in [1.165, 1.54) is 122 Å². The van der Waals surface area contributed by atoms with Gasteiger partial charge in [0.15, 0.2) is 0 Å². The number of phosphoric acid groups is 1. The lowest BCUT2D eigenvalue weighted by Crippen LogP contribution is -2.49. The maximum atomic E-state index is 12.0. The van der Waals surface area contributed by atoms with Gasteiger partial charge in [-0.2, -0.15) is 0 Å². The molecule has 0 aromatic carbocycles. The maximum Gasteiger partial charge on any atom is 0.472 e. The number of piperidine rings is 1. The summed E-state index contributed by atoms with van der Waals surface area (Å²) in [5.74, 6) is 0. The van der Waals surface area contributed by atoms with Crippen LogP contribution in [-0.2, 0) is 13.6 Å². The Labute approximate surface area is 212 Å². The predicted octanol–water partition coefficient (Wildman–Crippen LogP) is 8.79. The normalized spacial score (nSPS) is 17.6. The monoisotopic (exact) mass is 504 g/mol. The van der Waals surface area contributed by atoms with Gasteiger partial charge in [0.1, 0.15) is 13.2 Å². The van der Waals surface area contributed by atoms with Crippen LogP contribution in [0.3, 0.4) is 0 Å². The summed E-state index contributed by atoms with van der Waals surface area (Å²) in [5.41, 5.74) is 0. The van der Waals surface area contributed by atoms with Crippen molar-refractivity contribution in [2.75, 3.05) is 39.9 Å². The lowest BCUT2D eigenvalue weighted by molar-refractivity contribution is -0.914. The zero-order valence-electron chi connectivity index (χ0n) is 23.0. The van der Waals surface area contributed by atoms with Crippen LogP contribution in [0.5, 0.6) is 0 Å². The van der Waals surface area contributed by atoms with Crippen LogP contribution in [0.2, 0.25) is 0 Å². The third kappa shape index (κ3) is 19.3. The molecule has 1 aliphatic heterocycles. The largest absolute Gasteiger partial charge is 0.472 e. The molecular weight excluding hydrogens is 445 g/mol. The minimum atomic E-state index is -3.89. The minimum absolute atomic E-state index is 0.295. The highest BCUT2D eigenvalue weighted by Crippen LogP contribution is 2.43. The highest BCUT2D eigenvalue weighted by molar-refractivity contribution is 7.47. The van der Waals surface area contributed by atoms with E-state index in [9.17, 15) is 9.46 Å². The Bertz CT molecular complexity index is 497. The summed E-state index contributed by atoms with van der Waals surface area (Å²) in [6.45, 7) is 5.96. The zero-order valence-corrected chi connectivity index (χ0v) is 23.8. The van der Waals surface area contributed by atoms with E-state index in [2.05, 4.69) is 14.0 Å². The molecule has 1 heterocycles. The van der Waals surface area contributed by atoms with E-state index in [1.54, 1.807) is 0 Å². The van der Waals surface area contributed by atoms with E-state index in [4.69, 9.17) is 9.05 Å². The van der Waals surface area contributed by atoms with E-state index in [0.717, 1.165) is 37.0 Å². The number of likely N-dealkylation sites (N-methyl/N-ethyl adjacent to an activating group) is 1. The van der Waals surface area contributed by atoms with Gasteiger partial charge in [0.25, 0.3) is 0 Å². The Morgan fingerprint density at radius 1 is 0.618 bits per heavy atom. The van der Waals surface area contributed by atoms with Crippen molar-refractivity contribution in [3.05, 3.63) is 0 Å². The summed E-state index contributed by atoms with van der Waals surface area (Å²) in [6, 6.07) is 0. The Balaban J connectivity index is 1.79. The number of quaternary nitrogens is 1. The van der Waals surface area contributed by atoms with E-state index in [-0.39, 0.29) is 0 Å². The highest BCUT2D eigenvalue weighted by Gasteiger charge is 2.27. The van der Waals surface area contributed by atoms with Crippen molar-refractivity contribution < 1.29 is 23.0 Å². The number of phosphoric ester groups is 1. The van der Waals surface area contributed by atoms with Gasteiger partial charge < -0.3 is 9.38 Å². The number of unbranched alkanes of at least 4 members (excludes halogenated alkanes) is 17. The molecule has 1 aliphatic rings. The van der Waals surface area contributed by atoms with Crippen LogP contribution in [0.15, 0.2) is 0 Å². The topological polar surface area (TPSA) is 55.8 Å². The van der Waals surface area contributed by atoms with Crippen molar-refractivity contribution in [1.29, 1.82) is 0 Å². The molecule has 204 valence electrons. The Hall–Kier alpha value is 0.0700. The van der Waals surface area contributed by atoms with Crippen molar-refractivity contribution in [2.24, 2.45) is 0 Å². The van der Waals surface area contributed by atoms with Gasteiger partial charge in [0, 0.05) is 0 Å². The summed E-state index contributed by atoms with van der Waals surface area (Å²) in [7, 11) is -1.68. The lowest BCUT2D eigenvalue weighted by Gasteiger charge is -2.37. The fraction of sp³-hybridized carbons (Fsp3) is 1.00. The fourth-order valence-electron chi connectivity index (χ4n) is 5.10. The first-order chi connectivity index (χ1) is 16.5. The van der Waals surface area contributed by atoms with Crippen LogP contribution in [0.4, 0.5) is 0 Å². The van der Waals surface area contributed by atoms with Crippen molar-refractivity contribution in [3.8, 4) is 0 Å². The second-order valence-electron chi connectivity index (χ2n) is 11.0. The molecule has 0 aromatic rings. The lowest BCUT2D eigenvalue weighted by atomic mass is 10.0. The number of likely N-dealkylation sites (tertiary alicyclic amines) is 1. The first kappa shape index (κ1) is 32.1. The number of hydrogen-bond acceptors (Lipinski definition) is 3. The summed E-state index contributed by atoms with van der Waals surface area (Å²) in [4.78, 5) is 9.88. The molecule has 1 rings (SSSR count). The molecule has 0 radical (unpaired) electrons. The second kappa shape index (κ2) is 21.2. The Kier molecular flexibility index (Phi) is 20.0. The molecule has 1 N–H and O–H groups in total. The van der Waals surface area contributed by atoms with Crippen molar-refractivity contribution >= 4 is 7.82 Å². The molecular formula is C28H59NO4P+. The number of nitrogens with zero attached hydrogens (tertiary/aromatic N) is 1. The standard InChI is InChI=1S/C28H58NO4P/c1-3-4-5-6-7-8-9-10-11-12-13-14-15-16-17-18-19-23-27-32-34(30,31)33-28-26-29(2)24-21-20-22-25-29/h3-28H2,1-2H3/p+1. The molecule has 1 atom stereocenters. The average Bonchev–Trinajstić information content (AvgIpc) is 2.80. The van der Waals surface area contributed by atoms with Crippen LogP contribution in [-0.4, -0.2) is 49.3 Å². The molecule has 1 saturated heterocycles. The Morgan fingerprint density at radius 3 is 1.44 bits per heavy atom. The van der Waals surface area contributed by atoms with Crippen molar-refractivity contribution in [1.82, 2.24) is 0 Å². The SMILES string of the molecule is CCCCCCCCCCCCCCCCCCCCOP(=O)(O)OCC[N+]1(C)CCCCC1. The average molecular weight is 505 g/mol. The van der Waals surface area contributed by atoms with E-state index < -0.39 is 7.82 Å². The summed E-state index contributed by atoms with van der Waals surface area (Å²) in [6.07, 6.45) is 27.8. The Morgan fingerprint density at radius 2 is 1.00 bits per heavy atom. The first-order valence-corrected chi connectivity index (χ1v) is 16.4. The van der Waals surface area contributed by atoms with Gasteiger partial charge in [0.2, 0.25) is 0 Å². The summed E-state index contributed by atoms with van der Waals surface area (Å²) in [5, 5.41) is 0. The zero-order chi connectivity index (χ0) is 24.8. The van der Waals surface area contributed by atoms with Gasteiger partial charge in [-0.15, -0.1) is 0 Å². The van der Waals surface area contributed by atoms with Gasteiger partial charge in [-0.1, -0.05) is 116 Å². The van der Waals surface area contributed by atoms with Crippen LogP contribution >= 0.6 is 7.82 Å². The summed E-state index contributed by atoms with van der Waals surface area (Å²) < 4.78 is 23.4. The molecule has 0 saturated carbocycles. The molecule has 0 amide bonds. The van der Waals surface area contributed by atoms with Crippen LogP contribution in [0.25, 0.3) is 0 Å². The highest BCUT2D eigenvalue weighted by atomic mass is 31.2. The molecule has 0 aromatic heterocycles. The first-order valence-electron chi connectivity index (χ1n) is 14.9. The van der Waals surface area contributed by atoms with Crippen molar-refractivity contribution in [3.63, 3.8) is 0 Å². The van der Waals surface area contributed by atoms with E-state index >= 15 is 0 Å². The van der Waals surface area contributed by atoms with E-state index in [1.807, 2.05) is 0 Å². The fourth-order valence-corrected chi connectivity index (χ4v) is 5.84. The smallest absolute Gasteiger partial charge is 0.324 e. The second-order valence-corrected chi connectivity index (χ2v) is 12.4. The van der Waals surface area contributed by atoms with Gasteiger partial charge >= 0.3 is 7.82 Å². The molecule has 1 unspecified atom stereocenters. The third-order valence-electron chi connectivity index (χ3n) is 7.53. The van der Waals surface area contributed by atoms with Gasteiger partial charge in [0.05, 0.1) is 26.7 Å². The molecule has 1 fully saturated rings. The molecule has 6 heteroatoms. The third-order valence-corrected chi connectivity index (χ3v) is 8.55.